The molecule has 1 aromatic heterocycles. The fourth-order valence-electron chi connectivity index (χ4n) is 0.825. The Bertz CT molecular complexity index is 256. The fourth-order valence-corrected chi connectivity index (χ4v) is 0.825. The van der Waals surface area contributed by atoms with Crippen LogP contribution in [0, 0.1) is 0 Å². The number of aromatic nitrogens is 1. The first-order valence-corrected chi connectivity index (χ1v) is 3.62. The standard InChI is InChI=1S/C8H13N3/c1-5(2)6-3-7(9)8(10)11-4-6/h3-5H,9H2,1-2H3,(H2,10,11). The molecule has 1 aromatic rings. The van der Waals surface area contributed by atoms with Crippen LogP contribution in [-0.4, -0.2) is 4.98 Å². The molecule has 0 amide bonds. The molecule has 0 unspecified atom stereocenters. The van der Waals surface area contributed by atoms with Crippen molar-refractivity contribution in [3.63, 3.8) is 0 Å². The maximum absolute atomic E-state index is 5.57. The van der Waals surface area contributed by atoms with Gasteiger partial charge in [-0.15, -0.1) is 0 Å². The molecule has 0 spiro atoms. The third kappa shape index (κ3) is 1.61. The second-order valence-corrected chi connectivity index (χ2v) is 2.90. The molecule has 0 fully saturated rings. The number of nitrogens with two attached hydrogens (primary N) is 2. The van der Waals surface area contributed by atoms with Crippen molar-refractivity contribution in [2.24, 2.45) is 0 Å². The molecule has 1 rings (SSSR count). The maximum Gasteiger partial charge on any atom is 0.146 e. The van der Waals surface area contributed by atoms with Crippen LogP contribution in [0.1, 0.15) is 25.3 Å². The summed E-state index contributed by atoms with van der Waals surface area (Å²) in [7, 11) is 0. The number of anilines is 2. The number of hydrogen-bond acceptors (Lipinski definition) is 3. The first-order valence-electron chi connectivity index (χ1n) is 3.62. The molecule has 0 bridgehead atoms. The summed E-state index contributed by atoms with van der Waals surface area (Å²) in [6.45, 7) is 4.18. The van der Waals surface area contributed by atoms with Crippen LogP contribution in [-0.2, 0) is 0 Å². The van der Waals surface area contributed by atoms with Gasteiger partial charge in [-0.25, -0.2) is 4.98 Å². The Kier molecular flexibility index (Phi) is 1.98. The Morgan fingerprint density at radius 3 is 2.45 bits per heavy atom. The molecule has 4 N–H and O–H groups in total. The van der Waals surface area contributed by atoms with E-state index in [4.69, 9.17) is 11.5 Å². The largest absolute Gasteiger partial charge is 0.396 e. The van der Waals surface area contributed by atoms with Gasteiger partial charge in [0.2, 0.25) is 0 Å². The van der Waals surface area contributed by atoms with Gasteiger partial charge >= 0.3 is 0 Å². The highest BCUT2D eigenvalue weighted by Crippen LogP contribution is 2.18. The molecule has 0 aliphatic heterocycles. The number of nitrogens with zero attached hydrogens (tertiary/aromatic N) is 1. The normalized spacial score (nSPS) is 10.5. The average molecular weight is 151 g/mol. The lowest BCUT2D eigenvalue weighted by Crippen LogP contribution is -1.99. The zero-order valence-electron chi connectivity index (χ0n) is 6.83. The van der Waals surface area contributed by atoms with Crippen LogP contribution in [0.2, 0.25) is 0 Å². The van der Waals surface area contributed by atoms with Crippen LogP contribution in [0.25, 0.3) is 0 Å². The Hall–Kier alpha value is -1.25. The van der Waals surface area contributed by atoms with Gasteiger partial charge in [-0.05, 0) is 17.5 Å². The van der Waals surface area contributed by atoms with E-state index in [1.54, 1.807) is 6.20 Å². The van der Waals surface area contributed by atoms with Gasteiger partial charge in [0.05, 0.1) is 5.69 Å². The molecule has 0 saturated carbocycles. The molecule has 1 heterocycles. The Morgan fingerprint density at radius 2 is 2.00 bits per heavy atom. The third-order valence-electron chi connectivity index (χ3n) is 1.64. The van der Waals surface area contributed by atoms with Crippen molar-refractivity contribution in [1.82, 2.24) is 4.98 Å². The van der Waals surface area contributed by atoms with Crippen LogP contribution in [0.15, 0.2) is 12.3 Å². The predicted molar refractivity (Wildman–Crippen MR) is 47.2 cm³/mol. The van der Waals surface area contributed by atoms with Crippen LogP contribution >= 0.6 is 0 Å². The summed E-state index contributed by atoms with van der Waals surface area (Å²) in [5.74, 6) is 0.861. The van der Waals surface area contributed by atoms with E-state index in [0.29, 0.717) is 17.4 Å². The molecule has 0 saturated heterocycles. The van der Waals surface area contributed by atoms with Crippen molar-refractivity contribution in [2.75, 3.05) is 11.5 Å². The van der Waals surface area contributed by atoms with Gasteiger partial charge in [0.1, 0.15) is 5.82 Å². The summed E-state index contributed by atoms with van der Waals surface area (Å²) in [4.78, 5) is 3.95. The van der Waals surface area contributed by atoms with E-state index in [-0.39, 0.29) is 0 Å². The van der Waals surface area contributed by atoms with E-state index >= 15 is 0 Å². The van der Waals surface area contributed by atoms with Crippen molar-refractivity contribution in [3.05, 3.63) is 17.8 Å². The Labute approximate surface area is 66.4 Å². The SMILES string of the molecule is CC(C)c1cnc(N)c(N)c1. The number of hydrogen-bond donors (Lipinski definition) is 2. The van der Waals surface area contributed by atoms with Crippen molar-refractivity contribution in [1.29, 1.82) is 0 Å². The summed E-state index contributed by atoms with van der Waals surface area (Å²) < 4.78 is 0. The van der Waals surface area contributed by atoms with E-state index in [1.165, 1.54) is 0 Å². The van der Waals surface area contributed by atoms with Crippen molar-refractivity contribution >= 4 is 11.5 Å². The predicted octanol–water partition coefficient (Wildman–Crippen LogP) is 1.37. The van der Waals surface area contributed by atoms with Gasteiger partial charge in [0.15, 0.2) is 0 Å². The van der Waals surface area contributed by atoms with Gasteiger partial charge in [-0.1, -0.05) is 13.8 Å². The van der Waals surface area contributed by atoms with E-state index in [0.717, 1.165) is 5.56 Å². The van der Waals surface area contributed by atoms with Crippen molar-refractivity contribution < 1.29 is 0 Å². The lowest BCUT2D eigenvalue weighted by Gasteiger charge is -2.06. The van der Waals surface area contributed by atoms with Crippen molar-refractivity contribution in [3.8, 4) is 0 Å². The van der Waals surface area contributed by atoms with E-state index in [2.05, 4.69) is 18.8 Å². The van der Waals surface area contributed by atoms with E-state index in [1.807, 2.05) is 6.07 Å². The summed E-state index contributed by atoms with van der Waals surface area (Å²) in [5.41, 5.74) is 12.7. The van der Waals surface area contributed by atoms with Gasteiger partial charge in [0.25, 0.3) is 0 Å². The Balaban J connectivity index is 3.05. The minimum atomic E-state index is 0.411. The molecule has 0 atom stereocenters. The fraction of sp³-hybridized carbons (Fsp3) is 0.375. The zero-order valence-corrected chi connectivity index (χ0v) is 6.83. The van der Waals surface area contributed by atoms with Crippen LogP contribution in [0.3, 0.4) is 0 Å². The van der Waals surface area contributed by atoms with Crippen LogP contribution < -0.4 is 11.5 Å². The molecule has 3 nitrogen and oxygen atoms in total. The lowest BCUT2D eigenvalue weighted by atomic mass is 10.1. The highest BCUT2D eigenvalue weighted by molar-refractivity contribution is 5.58. The van der Waals surface area contributed by atoms with Gasteiger partial charge in [-0.3, -0.25) is 0 Å². The second-order valence-electron chi connectivity index (χ2n) is 2.90. The second kappa shape index (κ2) is 2.78. The Morgan fingerprint density at radius 1 is 1.36 bits per heavy atom. The third-order valence-corrected chi connectivity index (χ3v) is 1.64. The van der Waals surface area contributed by atoms with Crippen LogP contribution in [0.4, 0.5) is 11.5 Å². The monoisotopic (exact) mass is 151 g/mol. The highest BCUT2D eigenvalue weighted by Gasteiger charge is 2.01. The number of nitrogen functional groups attached to an aromatic ring is 2. The van der Waals surface area contributed by atoms with Crippen LogP contribution in [0.5, 0.6) is 0 Å². The molecule has 60 valence electrons. The molecule has 0 aromatic carbocycles. The molecular weight excluding hydrogens is 138 g/mol. The van der Waals surface area contributed by atoms with Crippen molar-refractivity contribution in [2.45, 2.75) is 19.8 Å². The highest BCUT2D eigenvalue weighted by atomic mass is 14.9. The van der Waals surface area contributed by atoms with E-state index in [9.17, 15) is 0 Å². The molecular formula is C8H13N3. The average Bonchev–Trinajstić information content (AvgIpc) is 1.94. The zero-order chi connectivity index (χ0) is 8.43. The molecule has 0 aliphatic carbocycles. The first-order chi connectivity index (χ1) is 5.11. The number of rotatable bonds is 1. The van der Waals surface area contributed by atoms with E-state index < -0.39 is 0 Å². The minimum absolute atomic E-state index is 0.411. The van der Waals surface area contributed by atoms with Gasteiger partial charge in [0, 0.05) is 6.20 Å². The molecule has 11 heavy (non-hydrogen) atoms. The number of pyridine rings is 1. The first kappa shape index (κ1) is 7.85. The summed E-state index contributed by atoms with van der Waals surface area (Å²) in [6, 6.07) is 1.87. The lowest BCUT2D eigenvalue weighted by molar-refractivity contribution is 0.860. The molecule has 3 heteroatoms. The smallest absolute Gasteiger partial charge is 0.146 e. The quantitative estimate of drug-likeness (QED) is 0.637. The summed E-state index contributed by atoms with van der Waals surface area (Å²) in [5, 5.41) is 0. The molecule has 0 radical (unpaired) electrons. The summed E-state index contributed by atoms with van der Waals surface area (Å²) in [6.07, 6.45) is 1.76. The topological polar surface area (TPSA) is 64.9 Å². The maximum atomic E-state index is 5.57. The van der Waals surface area contributed by atoms with Gasteiger partial charge in [-0.2, -0.15) is 0 Å². The summed E-state index contributed by atoms with van der Waals surface area (Å²) >= 11 is 0. The minimum Gasteiger partial charge on any atom is -0.396 e. The molecule has 0 aliphatic rings. The van der Waals surface area contributed by atoms with Gasteiger partial charge < -0.3 is 11.5 Å².